The Hall–Kier alpha value is -8.46. The second-order valence-electron chi connectivity index (χ2n) is 18.6. The van der Waals surface area contributed by atoms with Crippen molar-refractivity contribution in [2.75, 3.05) is 86.0 Å². The predicted molar refractivity (Wildman–Crippen MR) is 276 cm³/mol. The number of nitrogens with one attached hydrogen (secondary N) is 4. The molecule has 2 aliphatic heterocycles. The highest BCUT2D eigenvalue weighted by Crippen LogP contribution is 2.38. The molecule has 6 aromatic rings. The van der Waals surface area contributed by atoms with Gasteiger partial charge in [0.15, 0.2) is 0 Å². The normalized spacial score (nSPS) is 18.8. The second kappa shape index (κ2) is 23.4. The third-order valence-corrected chi connectivity index (χ3v) is 14.2. The smallest absolute Gasteiger partial charge is 0.269 e. The molecule has 2 saturated heterocycles. The summed E-state index contributed by atoms with van der Waals surface area (Å²) in [6, 6.07) is 27.4. The number of hydrogen-bond donors (Lipinski definition) is 4. The highest BCUT2D eigenvalue weighted by atomic mass is 16.5. The average molecular weight is 999 g/mol. The highest BCUT2D eigenvalue weighted by Gasteiger charge is 2.35. The predicted octanol–water partition coefficient (Wildman–Crippen LogP) is 4.36. The van der Waals surface area contributed by atoms with Crippen molar-refractivity contribution in [2.24, 2.45) is 0 Å². The van der Waals surface area contributed by atoms with Crippen LogP contribution in [0.25, 0.3) is 0 Å². The number of aromatic nitrogens is 6. The minimum absolute atomic E-state index is 0.0714. The van der Waals surface area contributed by atoms with Gasteiger partial charge in [-0.1, -0.05) is 48.5 Å². The number of H-pyrrole nitrogens is 2. The Kier molecular flexibility index (Phi) is 16.0. The van der Waals surface area contributed by atoms with Gasteiger partial charge >= 0.3 is 0 Å². The number of ether oxygens (including phenoxy) is 2. The van der Waals surface area contributed by atoms with E-state index in [9.17, 15) is 19.2 Å². The van der Waals surface area contributed by atoms with Crippen LogP contribution in [0.1, 0.15) is 69.4 Å². The van der Waals surface area contributed by atoms with Gasteiger partial charge in [0.1, 0.15) is 23.8 Å². The van der Waals surface area contributed by atoms with Crippen molar-refractivity contribution in [1.29, 1.82) is 10.5 Å². The molecule has 74 heavy (non-hydrogen) atoms. The molecule has 10 rings (SSSR count). The van der Waals surface area contributed by atoms with E-state index in [4.69, 9.17) is 20.0 Å². The number of carbonyl (C=O) groups excluding carboxylic acids is 2. The van der Waals surface area contributed by atoms with Crippen LogP contribution in [0, 0.1) is 36.5 Å². The van der Waals surface area contributed by atoms with Gasteiger partial charge in [0.25, 0.3) is 11.1 Å². The summed E-state index contributed by atoms with van der Waals surface area (Å²) < 4.78 is 12.5. The average Bonchev–Trinajstić information content (AvgIpc) is 3.97. The standard InChI is InChI=1S/2C27H29N7O3/c2*1-18-22(17-30-32-27(18)36)31-26-21-5-3-2-4-20(21)14-23(26)37-13-8-25(35)34-11-9-33(10-12-34)24-7-6-19(15-28)16-29-24/h2*2-7,16-17,23,26H,8-14H2,1H3,(H2,31,32,36)/t2*23-,26-/m10/s1. The molecule has 0 bridgehead atoms. The quantitative estimate of drug-likeness (QED) is 0.118. The maximum atomic E-state index is 12.9. The maximum Gasteiger partial charge on any atom is 0.269 e. The van der Waals surface area contributed by atoms with Crippen molar-refractivity contribution < 1.29 is 19.1 Å². The van der Waals surface area contributed by atoms with Gasteiger partial charge in [0, 0.05) is 88.7 Å². The van der Waals surface area contributed by atoms with Crippen molar-refractivity contribution >= 4 is 34.8 Å². The Balaban J connectivity index is 0.000000182. The number of fused-ring (bicyclic) bond motifs is 2. The summed E-state index contributed by atoms with van der Waals surface area (Å²) >= 11 is 0. The molecule has 20 heteroatoms. The fourth-order valence-electron chi connectivity index (χ4n) is 9.87. The SMILES string of the molecule is Cc1c(N[C@@H]2c3ccccc3C[C@H]2OCCC(=O)N2CCN(c3ccc(C#N)cn3)CC2)cn[nH]c1=O.Cc1c(N[C@H]2c3ccccc3C[C@@H]2OCCC(=O)N2CCN(c3ccc(C#N)cn3)CC2)cn[nH]c1=O. The largest absolute Gasteiger partial charge is 0.375 e. The first-order valence-corrected chi connectivity index (χ1v) is 24.8. The van der Waals surface area contributed by atoms with E-state index in [0.717, 1.165) is 35.6 Å². The number of rotatable bonds is 14. The monoisotopic (exact) mass is 998 g/mol. The third-order valence-electron chi connectivity index (χ3n) is 14.2. The van der Waals surface area contributed by atoms with Crippen LogP contribution in [0.4, 0.5) is 23.0 Å². The first-order chi connectivity index (χ1) is 36.1. The van der Waals surface area contributed by atoms with E-state index >= 15 is 0 Å². The van der Waals surface area contributed by atoms with E-state index in [2.05, 4.69) is 87.2 Å². The van der Waals surface area contributed by atoms with E-state index in [-0.39, 0.29) is 47.2 Å². The van der Waals surface area contributed by atoms with Crippen LogP contribution in [0.2, 0.25) is 0 Å². The Labute approximate surface area is 428 Å². The minimum Gasteiger partial charge on any atom is -0.375 e. The van der Waals surface area contributed by atoms with Gasteiger partial charge in [0.2, 0.25) is 11.8 Å². The highest BCUT2D eigenvalue weighted by molar-refractivity contribution is 5.77. The third kappa shape index (κ3) is 11.7. The Morgan fingerprint density at radius 3 is 1.38 bits per heavy atom. The molecule has 20 nitrogen and oxygen atoms in total. The zero-order chi connectivity index (χ0) is 51.6. The van der Waals surface area contributed by atoms with E-state index in [0.29, 0.717) is 112 Å². The lowest BCUT2D eigenvalue weighted by Crippen LogP contribution is -2.49. The number of pyridine rings is 2. The van der Waals surface area contributed by atoms with Crippen molar-refractivity contribution in [3.63, 3.8) is 0 Å². The number of nitriles is 2. The first kappa shape index (κ1) is 50.5. The number of nitrogens with zero attached hydrogens (tertiary/aromatic N) is 10. The molecule has 2 aromatic carbocycles. The molecule has 380 valence electrons. The fraction of sp³-hybridized carbons (Fsp3) is 0.370. The molecular weight excluding hydrogens is 941 g/mol. The van der Waals surface area contributed by atoms with Gasteiger partial charge < -0.3 is 39.7 Å². The molecular formula is C54H58N14O6. The molecule has 2 aliphatic carbocycles. The van der Waals surface area contributed by atoms with Crippen LogP contribution >= 0.6 is 0 Å². The van der Waals surface area contributed by atoms with Crippen LogP contribution in [0.3, 0.4) is 0 Å². The number of anilines is 4. The molecule has 2 fully saturated rings. The van der Waals surface area contributed by atoms with Gasteiger partial charge in [-0.05, 0) is 60.4 Å². The molecule has 4 aromatic heterocycles. The zero-order valence-corrected chi connectivity index (χ0v) is 41.4. The Bertz CT molecular complexity index is 2930. The van der Waals surface area contributed by atoms with E-state index < -0.39 is 0 Å². The van der Waals surface area contributed by atoms with Crippen molar-refractivity contribution in [3.05, 3.63) is 163 Å². The molecule has 0 radical (unpaired) electrons. The topological polar surface area (TPSA) is 254 Å². The minimum atomic E-state index is -0.227. The summed E-state index contributed by atoms with van der Waals surface area (Å²) in [6.07, 6.45) is 8.12. The van der Waals surface area contributed by atoms with Crippen LogP contribution < -0.4 is 31.6 Å². The molecule has 4 atom stereocenters. The zero-order valence-electron chi connectivity index (χ0n) is 41.4. The summed E-state index contributed by atoms with van der Waals surface area (Å²) in [5.41, 5.74) is 7.75. The molecule has 0 spiro atoms. The lowest BCUT2D eigenvalue weighted by Gasteiger charge is -2.35. The van der Waals surface area contributed by atoms with Gasteiger partial charge in [-0.2, -0.15) is 20.7 Å². The summed E-state index contributed by atoms with van der Waals surface area (Å²) in [5.74, 6) is 1.78. The lowest BCUT2D eigenvalue weighted by molar-refractivity contribution is -0.134. The molecule has 0 saturated carbocycles. The van der Waals surface area contributed by atoms with E-state index in [1.807, 2.05) is 46.2 Å². The van der Waals surface area contributed by atoms with Gasteiger partial charge in [-0.15, -0.1) is 0 Å². The lowest BCUT2D eigenvalue weighted by atomic mass is 10.1. The first-order valence-electron chi connectivity index (χ1n) is 24.8. The summed E-state index contributed by atoms with van der Waals surface area (Å²) in [4.78, 5) is 66.5. The van der Waals surface area contributed by atoms with Crippen LogP contribution in [0.5, 0.6) is 0 Å². The van der Waals surface area contributed by atoms with Crippen LogP contribution in [-0.2, 0) is 31.9 Å². The number of amides is 2. The summed E-state index contributed by atoms with van der Waals surface area (Å²) in [6.45, 7) is 9.41. The Morgan fingerprint density at radius 2 is 1.00 bits per heavy atom. The van der Waals surface area contributed by atoms with Crippen LogP contribution in [0.15, 0.2) is 107 Å². The van der Waals surface area contributed by atoms with Gasteiger partial charge in [-0.3, -0.25) is 19.2 Å². The molecule has 6 heterocycles. The maximum absolute atomic E-state index is 12.9. The van der Waals surface area contributed by atoms with Crippen molar-refractivity contribution in [3.8, 4) is 12.1 Å². The second-order valence-corrected chi connectivity index (χ2v) is 18.6. The molecule has 4 aliphatic rings. The summed E-state index contributed by atoms with van der Waals surface area (Å²) in [7, 11) is 0. The van der Waals surface area contributed by atoms with Gasteiger partial charge in [0.05, 0.1) is 85.2 Å². The fourth-order valence-corrected chi connectivity index (χ4v) is 9.87. The van der Waals surface area contributed by atoms with Crippen molar-refractivity contribution in [1.82, 2.24) is 40.2 Å². The number of carbonyl (C=O) groups is 2. The molecule has 4 N–H and O–H groups in total. The summed E-state index contributed by atoms with van der Waals surface area (Å²) in [5, 5.41) is 37.6. The van der Waals surface area contributed by atoms with E-state index in [1.54, 1.807) is 50.8 Å². The number of piperazine rings is 2. The number of benzene rings is 2. The van der Waals surface area contributed by atoms with Crippen LogP contribution in [-0.4, -0.2) is 130 Å². The number of hydrogen-bond acceptors (Lipinski definition) is 16. The van der Waals surface area contributed by atoms with Gasteiger partial charge in [-0.25, -0.2) is 20.2 Å². The molecule has 0 unspecified atom stereocenters. The van der Waals surface area contributed by atoms with E-state index in [1.165, 1.54) is 11.1 Å². The van der Waals surface area contributed by atoms with Crippen molar-refractivity contribution in [2.45, 2.75) is 63.8 Å². The molecule has 2 amide bonds. The Morgan fingerprint density at radius 1 is 0.595 bits per heavy atom. The number of aromatic amines is 2.